The number of sulfone groups is 1. The van der Waals surface area contributed by atoms with Crippen molar-refractivity contribution in [3.8, 4) is 11.4 Å². The second-order valence-electron chi connectivity index (χ2n) is 6.21. The fourth-order valence-electron chi connectivity index (χ4n) is 2.73. The summed E-state index contributed by atoms with van der Waals surface area (Å²) in [6, 6.07) is 5.93. The molecule has 1 aromatic carbocycles. The molecule has 1 aliphatic rings. The van der Waals surface area contributed by atoms with E-state index < -0.39 is 20.9 Å². The summed E-state index contributed by atoms with van der Waals surface area (Å²) in [5.41, 5.74) is 0.336. The highest BCUT2D eigenvalue weighted by Gasteiger charge is 2.30. The van der Waals surface area contributed by atoms with Crippen LogP contribution in [0.25, 0.3) is 11.4 Å². The largest absolute Gasteiger partial charge is 0.351 e. The predicted octanol–water partition coefficient (Wildman–Crippen LogP) is 1.41. The molecule has 1 saturated heterocycles. The third-order valence-corrected chi connectivity index (χ3v) is 7.08. The van der Waals surface area contributed by atoms with Crippen molar-refractivity contribution in [2.75, 3.05) is 11.5 Å². The zero-order chi connectivity index (χ0) is 18.9. The molecule has 2 atom stereocenters. The Kier molecular flexibility index (Phi) is 5.33. The molecule has 1 aromatic heterocycles. The van der Waals surface area contributed by atoms with Crippen molar-refractivity contribution in [2.24, 2.45) is 7.05 Å². The molecular formula is C16H19FN4O3S2. The van der Waals surface area contributed by atoms with Gasteiger partial charge in [-0.2, -0.15) is 0 Å². The number of amides is 1. The highest BCUT2D eigenvalue weighted by Crippen LogP contribution is 2.27. The molecule has 0 saturated carbocycles. The van der Waals surface area contributed by atoms with Gasteiger partial charge in [-0.15, -0.1) is 10.2 Å². The van der Waals surface area contributed by atoms with Gasteiger partial charge < -0.3 is 9.88 Å². The van der Waals surface area contributed by atoms with Crippen molar-refractivity contribution in [1.82, 2.24) is 20.1 Å². The van der Waals surface area contributed by atoms with Gasteiger partial charge in [0.25, 0.3) is 0 Å². The van der Waals surface area contributed by atoms with Gasteiger partial charge in [-0.05, 0) is 25.5 Å². The molecule has 1 aliphatic heterocycles. The molecule has 0 spiro atoms. The van der Waals surface area contributed by atoms with Crippen LogP contribution >= 0.6 is 11.8 Å². The Labute approximate surface area is 155 Å². The highest BCUT2D eigenvalue weighted by molar-refractivity contribution is 8.00. The van der Waals surface area contributed by atoms with E-state index in [4.69, 9.17) is 0 Å². The van der Waals surface area contributed by atoms with E-state index in [9.17, 15) is 17.6 Å². The van der Waals surface area contributed by atoms with Gasteiger partial charge in [0.1, 0.15) is 5.82 Å². The molecule has 7 nitrogen and oxygen atoms in total. The maximum absolute atomic E-state index is 13.9. The Bertz CT molecular complexity index is 929. The number of rotatable bonds is 5. The highest BCUT2D eigenvalue weighted by atomic mass is 32.2. The summed E-state index contributed by atoms with van der Waals surface area (Å²) in [5.74, 6) is -0.188. The van der Waals surface area contributed by atoms with Crippen molar-refractivity contribution in [3.05, 3.63) is 30.1 Å². The summed E-state index contributed by atoms with van der Waals surface area (Å²) < 4.78 is 38.5. The molecule has 0 bridgehead atoms. The van der Waals surface area contributed by atoms with E-state index in [-0.39, 0.29) is 23.5 Å². The normalized spacial score (nSPS) is 20.0. The van der Waals surface area contributed by atoms with Crippen LogP contribution in [0.2, 0.25) is 0 Å². The number of aromatic nitrogens is 3. The van der Waals surface area contributed by atoms with Crippen LogP contribution in [0, 0.1) is 5.82 Å². The molecule has 0 radical (unpaired) electrons. The maximum atomic E-state index is 13.9. The van der Waals surface area contributed by atoms with Crippen LogP contribution in [-0.2, 0) is 21.7 Å². The lowest BCUT2D eigenvalue weighted by atomic mass is 10.2. The van der Waals surface area contributed by atoms with Crippen molar-refractivity contribution in [1.29, 1.82) is 0 Å². The maximum Gasteiger partial charge on any atom is 0.233 e. The molecule has 2 aromatic rings. The van der Waals surface area contributed by atoms with E-state index in [1.54, 1.807) is 36.7 Å². The van der Waals surface area contributed by atoms with E-state index in [0.29, 0.717) is 23.0 Å². The second kappa shape index (κ2) is 7.36. The minimum Gasteiger partial charge on any atom is -0.351 e. The number of thioether (sulfide) groups is 1. The van der Waals surface area contributed by atoms with E-state index in [0.717, 1.165) is 0 Å². The second-order valence-corrected chi connectivity index (χ2v) is 9.75. The van der Waals surface area contributed by atoms with Gasteiger partial charge in [-0.25, -0.2) is 12.8 Å². The van der Waals surface area contributed by atoms with Gasteiger partial charge >= 0.3 is 0 Å². The summed E-state index contributed by atoms with van der Waals surface area (Å²) >= 11 is 1.19. The number of carbonyl (C=O) groups is 1. The van der Waals surface area contributed by atoms with Crippen LogP contribution in [0.4, 0.5) is 4.39 Å². The lowest BCUT2D eigenvalue weighted by Gasteiger charge is -2.15. The molecule has 1 N–H and O–H groups in total. The van der Waals surface area contributed by atoms with Crippen molar-refractivity contribution in [3.63, 3.8) is 0 Å². The first-order chi connectivity index (χ1) is 12.3. The van der Waals surface area contributed by atoms with E-state index >= 15 is 0 Å². The smallest absolute Gasteiger partial charge is 0.233 e. The number of hydrogen-bond acceptors (Lipinski definition) is 6. The summed E-state index contributed by atoms with van der Waals surface area (Å²) in [6.45, 7) is 1.71. The average molecular weight is 398 g/mol. The number of nitrogens with zero attached hydrogens (tertiary/aromatic N) is 3. The number of halogens is 1. The number of hydrogen-bond donors (Lipinski definition) is 1. The fourth-order valence-corrected chi connectivity index (χ4v) is 5.23. The monoisotopic (exact) mass is 398 g/mol. The minimum absolute atomic E-state index is 0.0164. The summed E-state index contributed by atoms with van der Waals surface area (Å²) in [6.07, 6.45) is 0.437. The number of benzene rings is 1. The lowest BCUT2D eigenvalue weighted by Crippen LogP contribution is -2.40. The zero-order valence-electron chi connectivity index (χ0n) is 14.3. The Morgan fingerprint density at radius 2 is 2.12 bits per heavy atom. The Morgan fingerprint density at radius 3 is 2.77 bits per heavy atom. The Balaban J connectivity index is 1.67. The van der Waals surface area contributed by atoms with Gasteiger partial charge in [-0.1, -0.05) is 23.9 Å². The van der Waals surface area contributed by atoms with Crippen molar-refractivity contribution in [2.45, 2.75) is 29.8 Å². The molecule has 26 heavy (non-hydrogen) atoms. The molecule has 1 fully saturated rings. The predicted molar refractivity (Wildman–Crippen MR) is 96.9 cm³/mol. The molecule has 10 heteroatoms. The van der Waals surface area contributed by atoms with Gasteiger partial charge in [0.15, 0.2) is 20.8 Å². The zero-order valence-corrected chi connectivity index (χ0v) is 16.0. The molecule has 2 heterocycles. The summed E-state index contributed by atoms with van der Waals surface area (Å²) in [5, 5.41) is 10.8. The van der Waals surface area contributed by atoms with Gasteiger partial charge in [0, 0.05) is 13.1 Å². The van der Waals surface area contributed by atoms with E-state index in [1.165, 1.54) is 17.8 Å². The van der Waals surface area contributed by atoms with Gasteiger partial charge in [0.2, 0.25) is 5.91 Å². The SMILES string of the molecule is C[C@@H](Sc1nnc(-c2ccccc2F)n1C)C(=O)N[C@H]1CCS(=O)(=O)C1. The van der Waals surface area contributed by atoms with Crippen molar-refractivity contribution < 1.29 is 17.6 Å². The van der Waals surface area contributed by atoms with Crippen LogP contribution in [0.3, 0.4) is 0 Å². The molecule has 0 aliphatic carbocycles. The van der Waals surface area contributed by atoms with E-state index in [1.807, 2.05) is 0 Å². The van der Waals surface area contributed by atoms with Crippen LogP contribution in [0.1, 0.15) is 13.3 Å². The van der Waals surface area contributed by atoms with Crippen LogP contribution in [0.5, 0.6) is 0 Å². The van der Waals surface area contributed by atoms with Gasteiger partial charge in [-0.3, -0.25) is 4.79 Å². The summed E-state index contributed by atoms with van der Waals surface area (Å²) in [4.78, 5) is 12.3. The number of nitrogens with one attached hydrogen (secondary N) is 1. The van der Waals surface area contributed by atoms with Crippen LogP contribution in [0.15, 0.2) is 29.4 Å². The standard InChI is InChI=1S/C16H19FN4O3S2/c1-10(15(22)18-11-7-8-26(23,24)9-11)25-16-20-19-14(21(16)2)12-5-3-4-6-13(12)17/h3-6,10-11H,7-9H2,1-2H3,(H,18,22)/t10-,11+/m1/s1. The minimum atomic E-state index is -3.05. The third kappa shape index (κ3) is 4.07. The van der Waals surface area contributed by atoms with Crippen molar-refractivity contribution >= 4 is 27.5 Å². The Hall–Kier alpha value is -1.94. The molecule has 140 valence electrons. The first kappa shape index (κ1) is 18.8. The van der Waals surface area contributed by atoms with Gasteiger partial charge in [0.05, 0.1) is 22.3 Å². The quantitative estimate of drug-likeness (QED) is 0.766. The van der Waals surface area contributed by atoms with Crippen LogP contribution < -0.4 is 5.32 Å². The third-order valence-electron chi connectivity index (χ3n) is 4.18. The first-order valence-electron chi connectivity index (χ1n) is 8.08. The first-order valence-corrected chi connectivity index (χ1v) is 10.8. The lowest BCUT2D eigenvalue weighted by molar-refractivity contribution is -0.120. The van der Waals surface area contributed by atoms with Crippen LogP contribution in [-0.4, -0.2) is 51.9 Å². The Morgan fingerprint density at radius 1 is 1.38 bits per heavy atom. The summed E-state index contributed by atoms with van der Waals surface area (Å²) in [7, 11) is -1.34. The topological polar surface area (TPSA) is 93.9 Å². The van der Waals surface area contributed by atoms with E-state index in [2.05, 4.69) is 15.5 Å². The molecular weight excluding hydrogens is 379 g/mol. The average Bonchev–Trinajstić information content (AvgIpc) is 3.10. The molecule has 3 rings (SSSR count). The fraction of sp³-hybridized carbons (Fsp3) is 0.438. The molecule has 1 amide bonds. The molecule has 0 unspecified atom stereocenters. The number of carbonyl (C=O) groups excluding carboxylic acids is 1.